The Morgan fingerprint density at radius 1 is 1.35 bits per heavy atom. The summed E-state index contributed by atoms with van der Waals surface area (Å²) >= 11 is 0. The maximum absolute atomic E-state index is 11.3. The van der Waals surface area contributed by atoms with Crippen molar-refractivity contribution in [2.45, 2.75) is 25.6 Å². The second kappa shape index (κ2) is 12.8. The molecule has 116 valence electrons. The number of ether oxygens (including phenoxy) is 4. The highest BCUT2D eigenvalue weighted by atomic mass is 16.7. The van der Waals surface area contributed by atoms with Crippen LogP contribution in [0.1, 0.15) is 13.3 Å². The van der Waals surface area contributed by atoms with Gasteiger partial charge in [-0.05, 0) is 19.4 Å². The van der Waals surface area contributed by atoms with Crippen molar-refractivity contribution in [3.8, 4) is 0 Å². The molecule has 0 rings (SSSR count). The molecule has 6 nitrogen and oxygen atoms in total. The van der Waals surface area contributed by atoms with E-state index >= 15 is 0 Å². The van der Waals surface area contributed by atoms with Gasteiger partial charge in [0.15, 0.2) is 0 Å². The first-order chi connectivity index (χ1) is 9.61. The summed E-state index contributed by atoms with van der Waals surface area (Å²) in [6, 6.07) is 0. The molecular formula is C14H24O6. The number of carbonyl (C=O) groups excluding carboxylic acids is 1. The fourth-order valence-electron chi connectivity index (χ4n) is 1.15. The van der Waals surface area contributed by atoms with Crippen LogP contribution in [-0.4, -0.2) is 57.0 Å². The number of aliphatic hydroxyl groups is 1. The van der Waals surface area contributed by atoms with Gasteiger partial charge in [0.25, 0.3) is 0 Å². The molecule has 0 aromatic rings. The van der Waals surface area contributed by atoms with E-state index in [2.05, 4.69) is 6.58 Å². The summed E-state index contributed by atoms with van der Waals surface area (Å²) in [5.74, 6) is -0.485. The molecule has 0 heterocycles. The minimum absolute atomic E-state index is 0.00871. The van der Waals surface area contributed by atoms with Crippen LogP contribution >= 0.6 is 0 Å². The lowest BCUT2D eigenvalue weighted by atomic mass is 10.2. The maximum atomic E-state index is 11.3. The van der Waals surface area contributed by atoms with Crippen LogP contribution in [0.2, 0.25) is 0 Å². The first kappa shape index (κ1) is 18.8. The molecule has 6 heteroatoms. The Morgan fingerprint density at radius 2 is 2.10 bits per heavy atom. The molecular weight excluding hydrogens is 264 g/mol. The Balaban J connectivity index is 3.99. The van der Waals surface area contributed by atoms with Gasteiger partial charge < -0.3 is 24.1 Å². The fraction of sp³-hybridized carbons (Fsp3) is 0.643. The Hall–Kier alpha value is -1.21. The average Bonchev–Trinajstić information content (AvgIpc) is 2.41. The number of carbonyl (C=O) groups is 1. The van der Waals surface area contributed by atoms with Crippen molar-refractivity contribution in [1.82, 2.24) is 0 Å². The Bertz CT molecular complexity index is 287. The molecule has 0 radical (unpaired) electrons. The molecule has 1 N–H and O–H groups in total. The largest absolute Gasteiger partial charge is 0.462 e. The van der Waals surface area contributed by atoms with Crippen LogP contribution in [0.3, 0.4) is 0 Å². The molecule has 0 aromatic carbocycles. The van der Waals surface area contributed by atoms with Crippen LogP contribution < -0.4 is 0 Å². The normalized spacial score (nSPS) is 14.2. The van der Waals surface area contributed by atoms with E-state index in [1.165, 1.54) is 12.2 Å². The van der Waals surface area contributed by atoms with Crippen LogP contribution in [-0.2, 0) is 23.7 Å². The van der Waals surface area contributed by atoms with E-state index in [0.29, 0.717) is 19.6 Å². The lowest BCUT2D eigenvalue weighted by Gasteiger charge is -2.16. The van der Waals surface area contributed by atoms with Crippen molar-refractivity contribution >= 4 is 5.97 Å². The van der Waals surface area contributed by atoms with Crippen LogP contribution in [0.25, 0.3) is 0 Å². The maximum Gasteiger partial charge on any atom is 0.330 e. The van der Waals surface area contributed by atoms with Crippen molar-refractivity contribution in [2.75, 3.05) is 33.7 Å². The molecule has 0 aliphatic heterocycles. The van der Waals surface area contributed by atoms with Gasteiger partial charge in [0, 0.05) is 13.2 Å². The summed E-state index contributed by atoms with van der Waals surface area (Å²) in [5.41, 5.74) is 0. The molecule has 0 aromatic heterocycles. The van der Waals surface area contributed by atoms with Gasteiger partial charge >= 0.3 is 5.97 Å². The zero-order chi connectivity index (χ0) is 15.2. The van der Waals surface area contributed by atoms with Crippen LogP contribution in [0.15, 0.2) is 24.8 Å². The highest BCUT2D eigenvalue weighted by Gasteiger charge is 2.12. The molecule has 0 fully saturated rings. The first-order valence-corrected chi connectivity index (χ1v) is 6.44. The summed E-state index contributed by atoms with van der Waals surface area (Å²) in [5, 5.41) is 9.52. The zero-order valence-electron chi connectivity index (χ0n) is 12.1. The Kier molecular flexibility index (Phi) is 12.0. The minimum atomic E-state index is -0.766. The van der Waals surface area contributed by atoms with E-state index in [4.69, 9.17) is 18.9 Å². The van der Waals surface area contributed by atoms with Crippen molar-refractivity contribution < 1.29 is 28.8 Å². The molecule has 0 amide bonds. The number of rotatable bonds is 12. The number of methoxy groups -OCH3 is 1. The number of aliphatic hydroxyl groups excluding tert-OH is 1. The molecule has 0 unspecified atom stereocenters. The van der Waals surface area contributed by atoms with Crippen molar-refractivity contribution in [1.29, 1.82) is 0 Å². The molecule has 0 spiro atoms. The highest BCUT2D eigenvalue weighted by molar-refractivity contribution is 5.81. The van der Waals surface area contributed by atoms with Gasteiger partial charge in [-0.2, -0.15) is 0 Å². The van der Waals surface area contributed by atoms with Crippen molar-refractivity contribution in [2.24, 2.45) is 0 Å². The Labute approximate surface area is 120 Å². The van der Waals surface area contributed by atoms with Gasteiger partial charge in [0.1, 0.15) is 12.9 Å². The Morgan fingerprint density at radius 3 is 2.70 bits per heavy atom. The monoisotopic (exact) mass is 288 g/mol. The minimum Gasteiger partial charge on any atom is -0.462 e. The van der Waals surface area contributed by atoms with Gasteiger partial charge in [-0.3, -0.25) is 0 Å². The third-order valence-electron chi connectivity index (χ3n) is 2.24. The van der Waals surface area contributed by atoms with E-state index in [1.54, 1.807) is 20.1 Å². The van der Waals surface area contributed by atoms with E-state index < -0.39 is 18.2 Å². The molecule has 2 atom stereocenters. The van der Waals surface area contributed by atoms with E-state index in [9.17, 15) is 9.90 Å². The average molecular weight is 288 g/mol. The SMILES string of the molecule is C=CCCOC(=O)/C=C/[C@@H](OCOCCOC)[C@H](C)O. The van der Waals surface area contributed by atoms with Crippen LogP contribution in [0, 0.1) is 0 Å². The quantitative estimate of drug-likeness (QED) is 0.190. The molecule has 0 bridgehead atoms. The molecule has 0 aliphatic carbocycles. The summed E-state index contributed by atoms with van der Waals surface area (Å²) in [6.07, 6.45) is 3.54. The lowest BCUT2D eigenvalue weighted by molar-refractivity contribution is -0.138. The molecule has 0 saturated carbocycles. The standard InChI is InChI=1S/C14H24O6/c1-4-5-8-19-14(16)7-6-13(12(2)15)20-11-18-10-9-17-3/h4,6-7,12-13,15H,1,5,8-11H2,2-3H3/b7-6+/t12-,13+/m0/s1. The lowest BCUT2D eigenvalue weighted by Crippen LogP contribution is -2.26. The van der Waals surface area contributed by atoms with Gasteiger partial charge in [0.2, 0.25) is 0 Å². The molecule has 0 aliphatic rings. The van der Waals surface area contributed by atoms with Crippen molar-refractivity contribution in [3.63, 3.8) is 0 Å². The van der Waals surface area contributed by atoms with E-state index in [0.717, 1.165) is 0 Å². The molecule has 20 heavy (non-hydrogen) atoms. The zero-order valence-corrected chi connectivity index (χ0v) is 12.1. The van der Waals surface area contributed by atoms with Gasteiger partial charge in [-0.25, -0.2) is 4.79 Å². The second-order valence-corrected chi connectivity index (χ2v) is 3.99. The van der Waals surface area contributed by atoms with Crippen molar-refractivity contribution in [3.05, 3.63) is 24.8 Å². The smallest absolute Gasteiger partial charge is 0.330 e. The summed E-state index contributed by atoms with van der Waals surface area (Å²) < 4.78 is 20.1. The predicted octanol–water partition coefficient (Wildman–Crippen LogP) is 1.05. The number of esters is 1. The van der Waals surface area contributed by atoms with Gasteiger partial charge in [-0.1, -0.05) is 6.08 Å². The first-order valence-electron chi connectivity index (χ1n) is 6.44. The van der Waals surface area contributed by atoms with Crippen LogP contribution in [0.4, 0.5) is 0 Å². The summed E-state index contributed by atoms with van der Waals surface area (Å²) in [4.78, 5) is 11.3. The highest BCUT2D eigenvalue weighted by Crippen LogP contribution is 2.02. The van der Waals surface area contributed by atoms with E-state index in [-0.39, 0.29) is 13.4 Å². The number of hydrogen-bond donors (Lipinski definition) is 1. The third kappa shape index (κ3) is 10.7. The summed E-state index contributed by atoms with van der Waals surface area (Å²) in [6.45, 7) is 6.25. The topological polar surface area (TPSA) is 74.2 Å². The fourth-order valence-corrected chi connectivity index (χ4v) is 1.15. The van der Waals surface area contributed by atoms with Gasteiger partial charge in [-0.15, -0.1) is 6.58 Å². The second-order valence-electron chi connectivity index (χ2n) is 3.99. The third-order valence-corrected chi connectivity index (χ3v) is 2.24. The van der Waals surface area contributed by atoms with Crippen LogP contribution in [0.5, 0.6) is 0 Å². The molecule has 0 saturated heterocycles. The van der Waals surface area contributed by atoms with Gasteiger partial charge in [0.05, 0.1) is 25.9 Å². The predicted molar refractivity (Wildman–Crippen MR) is 74.2 cm³/mol. The summed E-state index contributed by atoms with van der Waals surface area (Å²) in [7, 11) is 1.57. The number of hydrogen-bond acceptors (Lipinski definition) is 6. The van der Waals surface area contributed by atoms with E-state index in [1.807, 2.05) is 0 Å².